The van der Waals surface area contributed by atoms with Crippen molar-refractivity contribution in [3.63, 3.8) is 0 Å². The molecule has 3 aromatic rings. The van der Waals surface area contributed by atoms with E-state index in [0.29, 0.717) is 47.9 Å². The molecule has 0 aliphatic carbocycles. The summed E-state index contributed by atoms with van der Waals surface area (Å²) in [6.45, 7) is 9.94. The molecule has 3 aromatic carbocycles. The molecule has 1 aliphatic rings. The van der Waals surface area contributed by atoms with Gasteiger partial charge in [-0.05, 0) is 86.6 Å². The standard InChI is InChI=1S/C34H40N2O5/c1-4-7-23-40-27-19-17-25(18-20-27)32(37)30-31(36(34(39)33(30)38)22-12-21-35(5-2)6-3)26-13-11-16-29(24-26)41-28-14-9-8-10-15-28/h8-11,13-20,24,31,37H,4-7,12,21-23H2,1-3H3/b32-30+. The zero-order chi connectivity index (χ0) is 29.2. The molecule has 1 aliphatic heterocycles. The van der Waals surface area contributed by atoms with Gasteiger partial charge in [-0.25, -0.2) is 0 Å². The highest BCUT2D eigenvalue weighted by molar-refractivity contribution is 6.46. The van der Waals surface area contributed by atoms with Crippen molar-refractivity contribution >= 4 is 17.4 Å². The van der Waals surface area contributed by atoms with Gasteiger partial charge < -0.3 is 24.4 Å². The van der Waals surface area contributed by atoms with Gasteiger partial charge in [-0.3, -0.25) is 9.59 Å². The molecule has 0 spiro atoms. The molecule has 0 saturated carbocycles. The Morgan fingerprint density at radius 1 is 0.854 bits per heavy atom. The third-order valence-electron chi connectivity index (χ3n) is 7.35. The SMILES string of the molecule is CCCCOc1ccc(/C(O)=C2\C(=O)C(=O)N(CCCN(CC)CC)C2c2cccc(Oc3ccccc3)c2)cc1. The normalized spacial score (nSPS) is 16.4. The zero-order valence-corrected chi connectivity index (χ0v) is 24.2. The number of aliphatic hydroxyl groups excluding tert-OH is 1. The van der Waals surface area contributed by atoms with Crippen LogP contribution in [0.5, 0.6) is 17.2 Å². The van der Waals surface area contributed by atoms with Gasteiger partial charge in [-0.1, -0.05) is 57.5 Å². The lowest BCUT2D eigenvalue weighted by Crippen LogP contribution is -2.33. The van der Waals surface area contributed by atoms with Crippen molar-refractivity contribution < 1.29 is 24.2 Å². The summed E-state index contributed by atoms with van der Waals surface area (Å²) in [5.41, 5.74) is 1.23. The fraction of sp³-hybridized carbons (Fsp3) is 0.353. The second-order valence-corrected chi connectivity index (χ2v) is 10.1. The van der Waals surface area contributed by atoms with Crippen LogP contribution >= 0.6 is 0 Å². The zero-order valence-electron chi connectivity index (χ0n) is 24.2. The smallest absolute Gasteiger partial charge is 0.295 e. The molecule has 1 atom stereocenters. The first-order chi connectivity index (χ1) is 20.0. The van der Waals surface area contributed by atoms with E-state index < -0.39 is 17.7 Å². The van der Waals surface area contributed by atoms with Crippen LogP contribution in [0.3, 0.4) is 0 Å². The van der Waals surface area contributed by atoms with Crippen molar-refractivity contribution in [3.05, 3.63) is 95.6 Å². The van der Waals surface area contributed by atoms with Gasteiger partial charge in [0.05, 0.1) is 18.2 Å². The van der Waals surface area contributed by atoms with E-state index >= 15 is 0 Å². The van der Waals surface area contributed by atoms with Gasteiger partial charge in [-0.15, -0.1) is 0 Å². The van der Waals surface area contributed by atoms with Crippen molar-refractivity contribution in [2.45, 2.75) is 46.1 Å². The fourth-order valence-corrected chi connectivity index (χ4v) is 5.03. The van der Waals surface area contributed by atoms with Crippen LogP contribution in [0.25, 0.3) is 5.76 Å². The monoisotopic (exact) mass is 556 g/mol. The number of ether oxygens (including phenoxy) is 2. The number of hydrogen-bond donors (Lipinski definition) is 1. The Labute approximate surface area is 243 Å². The number of carbonyl (C=O) groups excluding carboxylic acids is 2. The van der Waals surface area contributed by atoms with E-state index in [-0.39, 0.29) is 11.3 Å². The number of para-hydroxylation sites is 1. The van der Waals surface area contributed by atoms with Gasteiger partial charge in [-0.2, -0.15) is 0 Å². The number of likely N-dealkylation sites (tertiary alicyclic amines) is 1. The molecule has 0 bridgehead atoms. The number of unbranched alkanes of at least 4 members (excludes halogenated alkanes) is 1. The quantitative estimate of drug-likeness (QED) is 0.102. The third kappa shape index (κ3) is 7.35. The summed E-state index contributed by atoms with van der Waals surface area (Å²) in [5, 5.41) is 11.5. The van der Waals surface area contributed by atoms with Crippen LogP contribution in [0.1, 0.15) is 57.2 Å². The van der Waals surface area contributed by atoms with Gasteiger partial charge in [0.25, 0.3) is 11.7 Å². The molecule has 7 heteroatoms. The highest BCUT2D eigenvalue weighted by atomic mass is 16.5. The Bertz CT molecular complexity index is 1330. The van der Waals surface area contributed by atoms with Crippen LogP contribution < -0.4 is 9.47 Å². The summed E-state index contributed by atoms with van der Waals surface area (Å²) in [6.07, 6.45) is 2.69. The molecular formula is C34H40N2O5. The van der Waals surface area contributed by atoms with Crippen LogP contribution in [0.15, 0.2) is 84.4 Å². The van der Waals surface area contributed by atoms with E-state index in [1.165, 1.54) is 0 Å². The maximum absolute atomic E-state index is 13.5. The lowest BCUT2D eigenvalue weighted by Gasteiger charge is -2.27. The molecule has 1 unspecified atom stereocenters. The van der Waals surface area contributed by atoms with Crippen LogP contribution in [0.4, 0.5) is 0 Å². The Kier molecular flexibility index (Phi) is 10.6. The van der Waals surface area contributed by atoms with Crippen molar-refractivity contribution in [1.82, 2.24) is 9.80 Å². The second-order valence-electron chi connectivity index (χ2n) is 10.1. The van der Waals surface area contributed by atoms with Gasteiger partial charge in [0, 0.05) is 12.1 Å². The minimum absolute atomic E-state index is 0.0781. The summed E-state index contributed by atoms with van der Waals surface area (Å²) >= 11 is 0. The van der Waals surface area contributed by atoms with Gasteiger partial charge in [0.1, 0.15) is 23.0 Å². The van der Waals surface area contributed by atoms with E-state index in [1.807, 2.05) is 54.6 Å². The number of Topliss-reactive ketones (excluding diaryl/α,β-unsaturated/α-hetero) is 1. The lowest BCUT2D eigenvalue weighted by atomic mass is 9.95. The molecule has 1 fully saturated rings. The van der Waals surface area contributed by atoms with E-state index in [1.54, 1.807) is 29.2 Å². The number of benzene rings is 3. The number of amides is 1. The number of hydrogen-bond acceptors (Lipinski definition) is 6. The number of nitrogens with zero attached hydrogens (tertiary/aromatic N) is 2. The lowest BCUT2D eigenvalue weighted by molar-refractivity contribution is -0.140. The molecule has 1 heterocycles. The molecule has 216 valence electrons. The summed E-state index contributed by atoms with van der Waals surface area (Å²) in [6, 6.07) is 23.0. The average molecular weight is 557 g/mol. The summed E-state index contributed by atoms with van der Waals surface area (Å²) in [7, 11) is 0. The molecule has 0 radical (unpaired) electrons. The van der Waals surface area contributed by atoms with Crippen LogP contribution in [-0.4, -0.2) is 59.4 Å². The number of ketones is 1. The van der Waals surface area contributed by atoms with Gasteiger partial charge in [0.15, 0.2) is 0 Å². The first kappa shape index (κ1) is 29.9. The maximum atomic E-state index is 13.5. The largest absolute Gasteiger partial charge is 0.507 e. The Morgan fingerprint density at radius 3 is 2.24 bits per heavy atom. The predicted octanol–water partition coefficient (Wildman–Crippen LogP) is 6.81. The first-order valence-corrected chi connectivity index (χ1v) is 14.5. The highest BCUT2D eigenvalue weighted by Crippen LogP contribution is 2.41. The van der Waals surface area contributed by atoms with Crippen molar-refractivity contribution in [2.24, 2.45) is 0 Å². The van der Waals surface area contributed by atoms with Crippen molar-refractivity contribution in [2.75, 3.05) is 32.8 Å². The minimum Gasteiger partial charge on any atom is -0.507 e. The van der Waals surface area contributed by atoms with Crippen LogP contribution in [-0.2, 0) is 9.59 Å². The first-order valence-electron chi connectivity index (χ1n) is 14.5. The maximum Gasteiger partial charge on any atom is 0.295 e. The molecule has 41 heavy (non-hydrogen) atoms. The molecular weight excluding hydrogens is 516 g/mol. The fourth-order valence-electron chi connectivity index (χ4n) is 5.03. The van der Waals surface area contributed by atoms with Crippen LogP contribution in [0, 0.1) is 0 Å². The summed E-state index contributed by atoms with van der Waals surface area (Å²) in [4.78, 5) is 30.7. The second kappa shape index (κ2) is 14.5. The number of aliphatic hydroxyl groups is 1. The summed E-state index contributed by atoms with van der Waals surface area (Å²) < 4.78 is 11.8. The van der Waals surface area contributed by atoms with E-state index in [4.69, 9.17) is 9.47 Å². The van der Waals surface area contributed by atoms with E-state index in [0.717, 1.165) is 32.5 Å². The Morgan fingerprint density at radius 2 is 1.56 bits per heavy atom. The van der Waals surface area contributed by atoms with Crippen molar-refractivity contribution in [1.29, 1.82) is 0 Å². The molecule has 1 saturated heterocycles. The van der Waals surface area contributed by atoms with E-state index in [9.17, 15) is 14.7 Å². The molecule has 0 aromatic heterocycles. The van der Waals surface area contributed by atoms with Crippen molar-refractivity contribution in [3.8, 4) is 17.2 Å². The number of carbonyl (C=O) groups is 2. The molecule has 1 N–H and O–H groups in total. The van der Waals surface area contributed by atoms with Gasteiger partial charge in [0.2, 0.25) is 0 Å². The average Bonchev–Trinajstić information content (AvgIpc) is 3.25. The molecule has 7 nitrogen and oxygen atoms in total. The molecule has 4 rings (SSSR count). The number of rotatable bonds is 14. The van der Waals surface area contributed by atoms with Crippen LogP contribution in [0.2, 0.25) is 0 Å². The topological polar surface area (TPSA) is 79.3 Å². The Balaban J connectivity index is 1.69. The van der Waals surface area contributed by atoms with Gasteiger partial charge >= 0.3 is 0 Å². The third-order valence-corrected chi connectivity index (χ3v) is 7.35. The minimum atomic E-state index is -0.744. The predicted molar refractivity (Wildman–Crippen MR) is 161 cm³/mol. The molecule has 1 amide bonds. The summed E-state index contributed by atoms with van der Waals surface area (Å²) in [5.74, 6) is 0.455. The highest BCUT2D eigenvalue weighted by Gasteiger charge is 2.46. The van der Waals surface area contributed by atoms with E-state index in [2.05, 4.69) is 25.7 Å². The Hall–Kier alpha value is -4.10.